The van der Waals surface area contributed by atoms with E-state index in [1.54, 1.807) is 30.3 Å². The Morgan fingerprint density at radius 3 is 2.12 bits per heavy atom. The topological polar surface area (TPSA) is 111 Å². The molecule has 2 aliphatic heterocycles. The highest BCUT2D eigenvalue weighted by Crippen LogP contribution is 2.40. The molecular weight excluding hydrogens is 738 g/mol. The molecule has 12 heteroatoms. The monoisotopic (exact) mass is 785 g/mol. The van der Waals surface area contributed by atoms with Crippen LogP contribution in [0.3, 0.4) is 0 Å². The fourth-order valence-electron chi connectivity index (χ4n) is 8.33. The highest BCUT2D eigenvalue weighted by Gasteiger charge is 2.40. The molecule has 3 aliphatic rings. The van der Waals surface area contributed by atoms with E-state index in [4.69, 9.17) is 14.2 Å². The van der Waals surface area contributed by atoms with Gasteiger partial charge < -0.3 is 24.0 Å². The number of anilines is 1. The van der Waals surface area contributed by atoms with Crippen LogP contribution in [-0.2, 0) is 19.8 Å². The maximum Gasteiger partial charge on any atom is 0.311 e. The Balaban J connectivity index is 0.878. The highest BCUT2D eigenvalue weighted by atomic mass is 19.1. The lowest BCUT2D eigenvalue weighted by Gasteiger charge is -2.49. The van der Waals surface area contributed by atoms with Gasteiger partial charge in [0.25, 0.3) is 5.91 Å². The quantitative estimate of drug-likeness (QED) is 0.0806. The van der Waals surface area contributed by atoms with E-state index in [0.717, 1.165) is 55.6 Å². The molecule has 1 saturated heterocycles. The second-order valence-electron chi connectivity index (χ2n) is 15.7. The molecule has 0 unspecified atom stereocenters. The molecule has 0 N–H and O–H groups in total. The zero-order valence-electron chi connectivity index (χ0n) is 33.1. The third-order valence-electron chi connectivity index (χ3n) is 11.6. The van der Waals surface area contributed by atoms with Crippen LogP contribution in [0.25, 0.3) is 11.1 Å². The van der Waals surface area contributed by atoms with E-state index in [-0.39, 0.29) is 41.9 Å². The predicted octanol–water partition coefficient (Wildman–Crippen LogP) is 8.83. The first kappa shape index (κ1) is 38.8. The van der Waals surface area contributed by atoms with Crippen molar-refractivity contribution in [2.24, 2.45) is 0 Å². The average molecular weight is 786 g/mol. The molecule has 11 nitrogen and oxygen atoms in total. The van der Waals surface area contributed by atoms with Crippen molar-refractivity contribution in [3.8, 4) is 28.6 Å². The van der Waals surface area contributed by atoms with Crippen LogP contribution in [0.4, 0.5) is 15.8 Å². The fraction of sp³-hybridized carbons (Fsp3) is 0.348. The van der Waals surface area contributed by atoms with Crippen LogP contribution >= 0.6 is 0 Å². The summed E-state index contributed by atoms with van der Waals surface area (Å²) in [6.45, 7) is 6.19. The van der Waals surface area contributed by atoms with E-state index >= 15 is 4.39 Å². The summed E-state index contributed by atoms with van der Waals surface area (Å²) in [5.41, 5.74) is 4.84. The van der Waals surface area contributed by atoms with Gasteiger partial charge in [0.15, 0.2) is 5.75 Å². The van der Waals surface area contributed by atoms with Crippen molar-refractivity contribution in [1.82, 2.24) is 14.8 Å². The van der Waals surface area contributed by atoms with Crippen molar-refractivity contribution in [2.45, 2.75) is 83.5 Å². The molecule has 300 valence electrons. The zero-order chi connectivity index (χ0) is 40.3. The zero-order valence-corrected chi connectivity index (χ0v) is 33.1. The third-order valence-corrected chi connectivity index (χ3v) is 11.6. The molecule has 0 atom stereocenters. The van der Waals surface area contributed by atoms with Gasteiger partial charge >= 0.3 is 5.69 Å². The summed E-state index contributed by atoms with van der Waals surface area (Å²) in [4.78, 5) is 36.0. The van der Waals surface area contributed by atoms with E-state index in [1.165, 1.54) is 6.07 Å². The molecule has 5 aromatic rings. The van der Waals surface area contributed by atoms with Crippen molar-refractivity contribution in [3.63, 3.8) is 0 Å². The lowest BCUT2D eigenvalue weighted by Crippen LogP contribution is -2.61. The van der Waals surface area contributed by atoms with E-state index in [9.17, 15) is 14.9 Å². The summed E-state index contributed by atoms with van der Waals surface area (Å²) >= 11 is 0. The van der Waals surface area contributed by atoms with Crippen LogP contribution in [-0.4, -0.2) is 70.0 Å². The number of aromatic nitrogens is 1. The van der Waals surface area contributed by atoms with Crippen molar-refractivity contribution < 1.29 is 28.3 Å². The Labute approximate surface area is 338 Å². The Bertz CT molecular complexity index is 2260. The lowest BCUT2D eigenvalue weighted by molar-refractivity contribution is -0.386. The number of nitrogens with zero attached hydrogens (tertiary/aromatic N) is 5. The van der Waals surface area contributed by atoms with Crippen LogP contribution in [0.15, 0.2) is 103 Å². The molecule has 1 aromatic heterocycles. The number of likely N-dealkylation sites (N-methyl/N-ethyl adjacent to an activating group) is 1. The number of rotatable bonds is 14. The number of carbonyl (C=O) groups is 1. The van der Waals surface area contributed by atoms with Crippen LogP contribution in [0.5, 0.6) is 17.5 Å². The van der Waals surface area contributed by atoms with Gasteiger partial charge in [-0.3, -0.25) is 19.8 Å². The minimum Gasteiger partial charge on any atom is -0.484 e. The van der Waals surface area contributed by atoms with Gasteiger partial charge in [-0.2, -0.15) is 4.98 Å². The molecule has 2 fully saturated rings. The normalized spacial score (nSPS) is 18.0. The molecule has 0 radical (unpaired) electrons. The molecule has 1 amide bonds. The first-order valence-corrected chi connectivity index (χ1v) is 20.0. The Morgan fingerprint density at radius 2 is 1.48 bits per heavy atom. The first-order chi connectivity index (χ1) is 28.1. The number of benzene rings is 4. The summed E-state index contributed by atoms with van der Waals surface area (Å²) in [5, 5.41) is 11.8. The molecule has 3 heterocycles. The molecule has 0 spiro atoms. The number of fused-ring (bicyclic) bond motifs is 1. The van der Waals surface area contributed by atoms with Gasteiger partial charge in [0, 0.05) is 78.3 Å². The largest absolute Gasteiger partial charge is 0.484 e. The number of halogens is 1. The minimum absolute atomic E-state index is 0.0786. The molecular formula is C46H48FN5O6. The Kier molecular flexibility index (Phi) is 11.3. The van der Waals surface area contributed by atoms with Gasteiger partial charge in [-0.1, -0.05) is 60.7 Å². The van der Waals surface area contributed by atoms with E-state index in [0.29, 0.717) is 59.2 Å². The van der Waals surface area contributed by atoms with Gasteiger partial charge in [-0.15, -0.1) is 0 Å². The Morgan fingerprint density at radius 1 is 0.828 bits per heavy atom. The Hall–Kier alpha value is -6.01. The number of hydrogen-bond acceptors (Lipinski definition) is 9. The summed E-state index contributed by atoms with van der Waals surface area (Å²) in [6, 6.07) is 32.4. The number of hydrogen-bond donors (Lipinski definition) is 0. The van der Waals surface area contributed by atoms with Gasteiger partial charge in [-0.25, -0.2) is 4.39 Å². The van der Waals surface area contributed by atoms with Crippen molar-refractivity contribution in [2.75, 3.05) is 25.0 Å². The van der Waals surface area contributed by atoms with Crippen LogP contribution in [0.2, 0.25) is 0 Å². The van der Waals surface area contributed by atoms with Gasteiger partial charge in [0.05, 0.1) is 11.0 Å². The third kappa shape index (κ3) is 8.33. The van der Waals surface area contributed by atoms with Crippen molar-refractivity contribution >= 4 is 17.3 Å². The SMILES string of the molecule is CC(C)Oc1cc2c(cc1[N+](=O)[O-])CN(C1CCC(N(C)C3CN(c4ccc(-c5ccc(OCc6ccccc6)nc5OCc5ccccc5)c(F)c4)C3)CC1)C2=O. The fourth-order valence-corrected chi connectivity index (χ4v) is 8.33. The number of carbonyl (C=O) groups excluding carboxylic acids is 1. The molecule has 1 aliphatic carbocycles. The number of pyridine rings is 1. The van der Waals surface area contributed by atoms with Crippen LogP contribution in [0.1, 0.15) is 66.6 Å². The predicted molar refractivity (Wildman–Crippen MR) is 220 cm³/mol. The van der Waals surface area contributed by atoms with Crippen LogP contribution in [0, 0.1) is 15.9 Å². The standard InChI is InChI=1S/C46H48FN5O6/c1-30(2)58-43-24-40-33(22-42(43)52(54)55)25-51(46(40)53)35-16-14-34(15-17-35)49(3)37-26-50(27-37)36-18-19-38(41(47)23-36)39-20-21-44(56-28-31-10-6-4-7-11-31)48-45(39)57-29-32-12-8-5-9-13-32/h4-13,18-24,30,34-35,37H,14-17,25-29H2,1-3H3. The number of nitro groups is 1. The van der Waals surface area contributed by atoms with Gasteiger partial charge in [0.1, 0.15) is 19.0 Å². The van der Waals surface area contributed by atoms with E-state index in [1.807, 2.05) is 85.5 Å². The molecule has 58 heavy (non-hydrogen) atoms. The second-order valence-corrected chi connectivity index (χ2v) is 15.7. The summed E-state index contributed by atoms with van der Waals surface area (Å²) in [7, 11) is 2.17. The van der Waals surface area contributed by atoms with E-state index in [2.05, 4.69) is 21.8 Å². The highest BCUT2D eigenvalue weighted by molar-refractivity contribution is 5.99. The maximum absolute atomic E-state index is 16.0. The van der Waals surface area contributed by atoms with Crippen molar-refractivity contribution in [1.29, 1.82) is 0 Å². The minimum atomic E-state index is -0.444. The number of ether oxygens (including phenoxy) is 3. The molecule has 4 aromatic carbocycles. The first-order valence-electron chi connectivity index (χ1n) is 20.0. The van der Waals surface area contributed by atoms with Gasteiger partial charge in [-0.05, 0) is 87.5 Å². The summed E-state index contributed by atoms with van der Waals surface area (Å²) in [6.07, 6.45) is 3.37. The molecule has 0 bridgehead atoms. The number of amides is 1. The number of nitro benzene ring substituents is 1. The van der Waals surface area contributed by atoms with Gasteiger partial charge in [0.2, 0.25) is 11.8 Å². The maximum atomic E-state index is 16.0. The molecule has 1 saturated carbocycles. The summed E-state index contributed by atoms with van der Waals surface area (Å²) in [5.74, 6) is 0.397. The smallest absolute Gasteiger partial charge is 0.311 e. The van der Waals surface area contributed by atoms with Crippen molar-refractivity contribution in [3.05, 3.63) is 141 Å². The average Bonchev–Trinajstić information content (AvgIpc) is 3.53. The summed E-state index contributed by atoms with van der Waals surface area (Å²) < 4.78 is 33.9. The molecule has 8 rings (SSSR count). The second kappa shape index (κ2) is 16.8. The lowest BCUT2D eigenvalue weighted by atomic mass is 9.88. The van der Waals surface area contributed by atoms with Crippen LogP contribution < -0.4 is 19.1 Å². The van der Waals surface area contributed by atoms with E-state index < -0.39 is 4.92 Å².